The lowest BCUT2D eigenvalue weighted by molar-refractivity contribution is 0.251. The van der Waals surface area contributed by atoms with Crippen molar-refractivity contribution in [2.24, 2.45) is 0 Å². The molecule has 0 saturated carbocycles. The zero-order chi connectivity index (χ0) is 9.84. The molecular formula is C10H16N2O. The van der Waals surface area contributed by atoms with Crippen molar-refractivity contribution in [1.82, 2.24) is 5.32 Å². The zero-order valence-electron chi connectivity index (χ0n) is 8.04. The van der Waals surface area contributed by atoms with Crippen LogP contribution in [0.4, 0.5) is 5.69 Å². The molecule has 3 heteroatoms. The minimum atomic E-state index is -0.0257. The van der Waals surface area contributed by atoms with E-state index in [1.165, 1.54) is 0 Å². The molecule has 0 spiro atoms. The van der Waals surface area contributed by atoms with Crippen LogP contribution in [0.3, 0.4) is 0 Å². The summed E-state index contributed by atoms with van der Waals surface area (Å²) in [6.07, 6.45) is 0. The van der Waals surface area contributed by atoms with Crippen LogP contribution in [-0.2, 0) is 0 Å². The van der Waals surface area contributed by atoms with Gasteiger partial charge in [0, 0.05) is 5.69 Å². The van der Waals surface area contributed by atoms with Gasteiger partial charge < -0.3 is 16.2 Å². The van der Waals surface area contributed by atoms with Gasteiger partial charge in [0.25, 0.3) is 0 Å². The maximum Gasteiger partial charge on any atom is 0.0626 e. The summed E-state index contributed by atoms with van der Waals surface area (Å²) in [5.74, 6) is 0. The number of hydrogen-bond acceptors (Lipinski definition) is 3. The molecule has 0 heterocycles. The fourth-order valence-electron chi connectivity index (χ4n) is 1.41. The fraction of sp³-hybridized carbons (Fsp3) is 0.400. The Balaban J connectivity index is 2.99. The van der Waals surface area contributed by atoms with E-state index in [0.717, 1.165) is 16.8 Å². The van der Waals surface area contributed by atoms with Crippen LogP contribution in [0.15, 0.2) is 18.2 Å². The Morgan fingerprint density at radius 3 is 2.62 bits per heavy atom. The Hall–Kier alpha value is -1.06. The van der Waals surface area contributed by atoms with E-state index in [4.69, 9.17) is 10.8 Å². The predicted molar refractivity (Wildman–Crippen MR) is 54.5 cm³/mol. The minimum Gasteiger partial charge on any atom is -0.399 e. The quantitative estimate of drug-likeness (QED) is 0.604. The summed E-state index contributed by atoms with van der Waals surface area (Å²) in [6.45, 7) is 2.07. The first-order chi connectivity index (χ1) is 6.17. The maximum atomic E-state index is 9.06. The number of nitrogens with one attached hydrogen (secondary N) is 1. The molecule has 0 bridgehead atoms. The van der Waals surface area contributed by atoms with Crippen molar-refractivity contribution in [2.75, 3.05) is 19.4 Å². The zero-order valence-corrected chi connectivity index (χ0v) is 8.04. The Labute approximate surface area is 78.6 Å². The first-order valence-electron chi connectivity index (χ1n) is 4.32. The maximum absolute atomic E-state index is 9.06. The van der Waals surface area contributed by atoms with E-state index in [1.54, 1.807) is 0 Å². The average Bonchev–Trinajstić information content (AvgIpc) is 2.04. The molecule has 0 aromatic heterocycles. The van der Waals surface area contributed by atoms with Gasteiger partial charge in [0.05, 0.1) is 12.6 Å². The van der Waals surface area contributed by atoms with Crippen LogP contribution in [0, 0.1) is 6.92 Å². The topological polar surface area (TPSA) is 58.3 Å². The molecule has 0 fully saturated rings. The van der Waals surface area contributed by atoms with E-state index in [-0.39, 0.29) is 12.6 Å². The van der Waals surface area contributed by atoms with Gasteiger partial charge in [-0.3, -0.25) is 0 Å². The Morgan fingerprint density at radius 2 is 2.15 bits per heavy atom. The molecule has 0 aliphatic rings. The fourth-order valence-corrected chi connectivity index (χ4v) is 1.41. The molecule has 0 aliphatic carbocycles. The molecule has 1 rings (SSSR count). The standard InChI is InChI=1S/C10H16N2O/c1-7-3-8(5-9(11)4-7)10(6-13)12-2/h3-5,10,12-13H,6,11H2,1-2H3/t10-/m0/s1. The second-order valence-electron chi connectivity index (χ2n) is 3.20. The van der Waals surface area contributed by atoms with Crippen LogP contribution in [0.5, 0.6) is 0 Å². The first-order valence-corrected chi connectivity index (χ1v) is 4.32. The molecule has 1 aromatic rings. The van der Waals surface area contributed by atoms with Crippen LogP contribution in [-0.4, -0.2) is 18.8 Å². The number of rotatable bonds is 3. The molecule has 0 saturated heterocycles. The minimum absolute atomic E-state index is 0.0257. The number of anilines is 1. The number of aryl methyl sites for hydroxylation is 1. The van der Waals surface area contributed by atoms with Gasteiger partial charge in [0.1, 0.15) is 0 Å². The summed E-state index contributed by atoms with van der Waals surface area (Å²) in [5, 5.41) is 12.1. The van der Waals surface area contributed by atoms with Crippen molar-refractivity contribution in [3.63, 3.8) is 0 Å². The van der Waals surface area contributed by atoms with Crippen molar-refractivity contribution in [3.05, 3.63) is 29.3 Å². The summed E-state index contributed by atoms with van der Waals surface area (Å²) in [6, 6.07) is 5.79. The van der Waals surface area contributed by atoms with Crippen molar-refractivity contribution < 1.29 is 5.11 Å². The normalized spacial score (nSPS) is 12.8. The van der Waals surface area contributed by atoms with Crippen LogP contribution in [0.2, 0.25) is 0 Å². The molecule has 0 unspecified atom stereocenters. The second kappa shape index (κ2) is 4.25. The first kappa shape index (κ1) is 10.0. The third-order valence-corrected chi connectivity index (χ3v) is 2.06. The largest absolute Gasteiger partial charge is 0.399 e. The number of aliphatic hydroxyl groups excluding tert-OH is 1. The van der Waals surface area contributed by atoms with Gasteiger partial charge in [-0.2, -0.15) is 0 Å². The van der Waals surface area contributed by atoms with E-state index in [0.29, 0.717) is 0 Å². The highest BCUT2D eigenvalue weighted by molar-refractivity contribution is 5.45. The second-order valence-corrected chi connectivity index (χ2v) is 3.20. The summed E-state index contributed by atoms with van der Waals surface area (Å²) in [4.78, 5) is 0. The van der Waals surface area contributed by atoms with E-state index in [2.05, 4.69) is 5.32 Å². The van der Waals surface area contributed by atoms with Gasteiger partial charge in [-0.05, 0) is 37.2 Å². The molecule has 0 radical (unpaired) electrons. The summed E-state index contributed by atoms with van der Waals surface area (Å²) in [5.41, 5.74) is 8.58. The van der Waals surface area contributed by atoms with Gasteiger partial charge in [-0.15, -0.1) is 0 Å². The van der Waals surface area contributed by atoms with Crippen LogP contribution < -0.4 is 11.1 Å². The number of nitrogens with two attached hydrogens (primary N) is 1. The van der Waals surface area contributed by atoms with E-state index in [9.17, 15) is 0 Å². The molecule has 0 aliphatic heterocycles. The lowest BCUT2D eigenvalue weighted by Crippen LogP contribution is -2.20. The van der Waals surface area contributed by atoms with Gasteiger partial charge in [0.2, 0.25) is 0 Å². The van der Waals surface area contributed by atoms with Gasteiger partial charge >= 0.3 is 0 Å². The van der Waals surface area contributed by atoms with E-state index >= 15 is 0 Å². The van der Waals surface area contributed by atoms with Gasteiger partial charge in [0.15, 0.2) is 0 Å². The van der Waals surface area contributed by atoms with Crippen molar-refractivity contribution in [3.8, 4) is 0 Å². The molecule has 1 aromatic carbocycles. The number of hydrogen-bond donors (Lipinski definition) is 3. The van der Waals surface area contributed by atoms with Gasteiger partial charge in [-0.1, -0.05) is 6.07 Å². The Morgan fingerprint density at radius 1 is 1.46 bits per heavy atom. The van der Waals surface area contributed by atoms with Crippen LogP contribution in [0.25, 0.3) is 0 Å². The molecule has 0 amide bonds. The van der Waals surface area contributed by atoms with Crippen molar-refractivity contribution >= 4 is 5.69 Å². The van der Waals surface area contributed by atoms with E-state index in [1.807, 2.05) is 32.2 Å². The summed E-state index contributed by atoms with van der Waals surface area (Å²) in [7, 11) is 1.82. The number of benzene rings is 1. The Kier molecular flexibility index (Phi) is 3.28. The van der Waals surface area contributed by atoms with Crippen molar-refractivity contribution in [2.45, 2.75) is 13.0 Å². The lowest BCUT2D eigenvalue weighted by Gasteiger charge is -2.14. The van der Waals surface area contributed by atoms with E-state index < -0.39 is 0 Å². The van der Waals surface area contributed by atoms with Crippen molar-refractivity contribution in [1.29, 1.82) is 0 Å². The molecule has 3 nitrogen and oxygen atoms in total. The van der Waals surface area contributed by atoms with Gasteiger partial charge in [-0.25, -0.2) is 0 Å². The smallest absolute Gasteiger partial charge is 0.0626 e. The third kappa shape index (κ3) is 2.44. The predicted octanol–water partition coefficient (Wildman–Crippen LogP) is 0.830. The summed E-state index contributed by atoms with van der Waals surface area (Å²) >= 11 is 0. The number of nitrogen functional groups attached to an aromatic ring is 1. The Bertz CT molecular complexity index is 262. The molecule has 1 atom stereocenters. The third-order valence-electron chi connectivity index (χ3n) is 2.06. The highest BCUT2D eigenvalue weighted by Gasteiger charge is 2.07. The average molecular weight is 180 g/mol. The van der Waals surface area contributed by atoms with Crippen LogP contribution in [0.1, 0.15) is 17.2 Å². The lowest BCUT2D eigenvalue weighted by atomic mass is 10.0. The summed E-state index contributed by atoms with van der Waals surface area (Å²) < 4.78 is 0. The highest BCUT2D eigenvalue weighted by atomic mass is 16.3. The monoisotopic (exact) mass is 180 g/mol. The SMILES string of the molecule is CN[C@@H](CO)c1cc(C)cc(N)c1. The number of likely N-dealkylation sites (N-methyl/N-ethyl adjacent to an activating group) is 1. The molecular weight excluding hydrogens is 164 g/mol. The van der Waals surface area contributed by atoms with Crippen LogP contribution >= 0.6 is 0 Å². The highest BCUT2D eigenvalue weighted by Crippen LogP contribution is 2.17. The molecule has 4 N–H and O–H groups in total. The molecule has 13 heavy (non-hydrogen) atoms. The number of aliphatic hydroxyl groups is 1. The molecule has 72 valence electrons.